The third-order valence-corrected chi connectivity index (χ3v) is 7.21. The maximum atomic E-state index is 13.8. The van der Waals surface area contributed by atoms with E-state index in [2.05, 4.69) is 28.7 Å². The lowest BCUT2D eigenvalue weighted by Gasteiger charge is -2.33. The number of benzene rings is 1. The molecule has 0 unspecified atom stereocenters. The van der Waals surface area contributed by atoms with Gasteiger partial charge in [-0.2, -0.15) is 0 Å². The van der Waals surface area contributed by atoms with Gasteiger partial charge in [-0.05, 0) is 74.5 Å². The lowest BCUT2D eigenvalue weighted by atomic mass is 9.74. The first kappa shape index (κ1) is 21.4. The molecule has 1 aromatic carbocycles. The first-order valence-corrected chi connectivity index (χ1v) is 12.0. The Hall–Kier alpha value is -2.44. The molecule has 32 heavy (non-hydrogen) atoms. The molecule has 6 nitrogen and oxygen atoms in total. The lowest BCUT2D eigenvalue weighted by molar-refractivity contribution is -0.124. The topological polar surface area (TPSA) is 63.1 Å². The van der Waals surface area contributed by atoms with Crippen molar-refractivity contribution in [1.29, 1.82) is 0 Å². The van der Waals surface area contributed by atoms with Gasteiger partial charge in [-0.25, -0.2) is 4.98 Å². The number of halogens is 1. The van der Waals surface area contributed by atoms with Crippen molar-refractivity contribution in [2.24, 2.45) is 5.92 Å². The van der Waals surface area contributed by atoms with Crippen LogP contribution < -0.4 is 10.2 Å². The van der Waals surface area contributed by atoms with Gasteiger partial charge in [-0.3, -0.25) is 9.78 Å². The predicted molar refractivity (Wildman–Crippen MR) is 128 cm³/mol. The molecule has 1 saturated heterocycles. The van der Waals surface area contributed by atoms with E-state index in [0.29, 0.717) is 17.5 Å². The Morgan fingerprint density at radius 1 is 1.22 bits per heavy atom. The molecule has 0 aliphatic carbocycles. The first-order chi connectivity index (χ1) is 15.5. The van der Waals surface area contributed by atoms with Crippen LogP contribution in [0, 0.1) is 5.92 Å². The van der Waals surface area contributed by atoms with Crippen LogP contribution in [-0.2, 0) is 23.3 Å². The van der Waals surface area contributed by atoms with E-state index in [4.69, 9.17) is 16.6 Å². The molecule has 3 aromatic rings. The average Bonchev–Trinajstić information content (AvgIpc) is 3.23. The first-order valence-electron chi connectivity index (χ1n) is 11.6. The van der Waals surface area contributed by atoms with Crippen LogP contribution >= 0.6 is 11.6 Å². The molecule has 2 aliphatic rings. The van der Waals surface area contributed by atoms with Crippen LogP contribution in [0.15, 0.2) is 36.7 Å². The zero-order valence-electron chi connectivity index (χ0n) is 18.8. The highest BCUT2D eigenvalue weighted by Gasteiger charge is 2.51. The Balaban J connectivity index is 1.53. The fourth-order valence-corrected chi connectivity index (χ4v) is 5.47. The maximum absolute atomic E-state index is 13.8. The number of rotatable bonds is 6. The smallest absolute Gasteiger partial charge is 0.238 e. The number of imidazole rings is 1. The molecule has 1 spiro atoms. The summed E-state index contributed by atoms with van der Waals surface area (Å²) in [6, 6.07) is 7.90. The highest BCUT2D eigenvalue weighted by Crippen LogP contribution is 2.47. The monoisotopic (exact) mass is 451 g/mol. The molecule has 1 amide bonds. The molecule has 2 aliphatic heterocycles. The Morgan fingerprint density at radius 3 is 2.81 bits per heavy atom. The maximum Gasteiger partial charge on any atom is 0.238 e. The SMILES string of the molecule is CC(C)CCCn1c(CN2C(=O)C3(CCNCC3)c3ccncc32)nc2cc(Cl)ccc21. The second kappa shape index (κ2) is 8.49. The number of amides is 1. The van der Waals surface area contributed by atoms with E-state index in [0.717, 1.165) is 73.4 Å². The van der Waals surface area contributed by atoms with Crippen LogP contribution in [0.2, 0.25) is 5.02 Å². The number of hydrogen-bond acceptors (Lipinski definition) is 4. The van der Waals surface area contributed by atoms with Gasteiger partial charge in [0.25, 0.3) is 0 Å². The van der Waals surface area contributed by atoms with Gasteiger partial charge in [0.15, 0.2) is 0 Å². The van der Waals surface area contributed by atoms with Crippen molar-refractivity contribution in [2.75, 3.05) is 18.0 Å². The summed E-state index contributed by atoms with van der Waals surface area (Å²) in [7, 11) is 0. The van der Waals surface area contributed by atoms with E-state index in [9.17, 15) is 4.79 Å². The van der Waals surface area contributed by atoms with Crippen LogP contribution in [0.4, 0.5) is 5.69 Å². The molecular weight excluding hydrogens is 422 g/mol. The van der Waals surface area contributed by atoms with Crippen molar-refractivity contribution in [2.45, 2.75) is 58.0 Å². The number of nitrogens with one attached hydrogen (secondary N) is 1. The van der Waals surface area contributed by atoms with Crippen molar-refractivity contribution in [3.8, 4) is 0 Å². The molecule has 0 atom stereocenters. The molecule has 0 saturated carbocycles. The fourth-order valence-electron chi connectivity index (χ4n) is 5.30. The Bertz CT molecular complexity index is 1150. The van der Waals surface area contributed by atoms with E-state index >= 15 is 0 Å². The second-order valence-electron chi connectivity index (χ2n) is 9.47. The van der Waals surface area contributed by atoms with Gasteiger partial charge in [0, 0.05) is 17.8 Å². The molecule has 168 valence electrons. The fraction of sp³-hybridized carbons (Fsp3) is 0.480. The van der Waals surface area contributed by atoms with Crippen LogP contribution in [0.3, 0.4) is 0 Å². The van der Waals surface area contributed by atoms with Gasteiger partial charge in [0.05, 0.1) is 34.9 Å². The van der Waals surface area contributed by atoms with E-state index in [1.807, 2.05) is 41.6 Å². The zero-order valence-corrected chi connectivity index (χ0v) is 19.5. The van der Waals surface area contributed by atoms with Crippen LogP contribution in [0.5, 0.6) is 0 Å². The van der Waals surface area contributed by atoms with Crippen molar-refractivity contribution in [3.63, 3.8) is 0 Å². The third kappa shape index (κ3) is 3.59. The summed E-state index contributed by atoms with van der Waals surface area (Å²) >= 11 is 6.26. The minimum Gasteiger partial charge on any atom is -0.326 e. The summed E-state index contributed by atoms with van der Waals surface area (Å²) in [4.78, 5) is 25.0. The van der Waals surface area contributed by atoms with Crippen molar-refractivity contribution >= 4 is 34.2 Å². The molecule has 4 heterocycles. The number of anilines is 1. The van der Waals surface area contributed by atoms with Gasteiger partial charge in [0.2, 0.25) is 5.91 Å². The van der Waals surface area contributed by atoms with Gasteiger partial charge in [-0.15, -0.1) is 0 Å². The number of nitrogens with zero attached hydrogens (tertiary/aromatic N) is 4. The minimum absolute atomic E-state index is 0.181. The number of fused-ring (bicyclic) bond motifs is 3. The summed E-state index contributed by atoms with van der Waals surface area (Å²) in [6.07, 6.45) is 7.51. The number of hydrogen-bond donors (Lipinski definition) is 1. The van der Waals surface area contributed by atoms with E-state index in [1.165, 1.54) is 0 Å². The number of aromatic nitrogens is 3. The Morgan fingerprint density at radius 2 is 2.03 bits per heavy atom. The molecule has 0 bridgehead atoms. The minimum atomic E-state index is -0.443. The van der Waals surface area contributed by atoms with E-state index in [1.54, 1.807) is 0 Å². The summed E-state index contributed by atoms with van der Waals surface area (Å²) < 4.78 is 2.27. The van der Waals surface area contributed by atoms with Crippen LogP contribution in [-0.4, -0.2) is 33.5 Å². The van der Waals surface area contributed by atoms with Crippen molar-refractivity contribution < 1.29 is 4.79 Å². The second-order valence-corrected chi connectivity index (χ2v) is 9.90. The Labute approximate surface area is 194 Å². The van der Waals surface area contributed by atoms with Crippen LogP contribution in [0.1, 0.15) is 50.9 Å². The zero-order chi connectivity index (χ0) is 22.3. The number of carbonyl (C=O) groups excluding carboxylic acids is 1. The quantitative estimate of drug-likeness (QED) is 0.590. The molecule has 5 rings (SSSR count). The number of aryl methyl sites for hydroxylation is 1. The summed E-state index contributed by atoms with van der Waals surface area (Å²) in [5.41, 5.74) is 3.55. The summed E-state index contributed by atoms with van der Waals surface area (Å²) in [5, 5.41) is 4.08. The molecule has 0 radical (unpaired) electrons. The van der Waals surface area contributed by atoms with Crippen molar-refractivity contribution in [1.82, 2.24) is 19.9 Å². The van der Waals surface area contributed by atoms with Crippen LogP contribution in [0.25, 0.3) is 11.0 Å². The average molecular weight is 452 g/mol. The molecule has 7 heteroatoms. The number of carbonyl (C=O) groups is 1. The number of piperidine rings is 1. The Kier molecular flexibility index (Phi) is 5.68. The molecule has 2 aromatic heterocycles. The number of pyridine rings is 1. The van der Waals surface area contributed by atoms with Gasteiger partial charge in [-0.1, -0.05) is 25.4 Å². The third-order valence-electron chi connectivity index (χ3n) is 6.97. The highest BCUT2D eigenvalue weighted by molar-refractivity contribution is 6.31. The van der Waals surface area contributed by atoms with Gasteiger partial charge >= 0.3 is 0 Å². The summed E-state index contributed by atoms with van der Waals surface area (Å²) in [5.74, 6) is 1.74. The largest absolute Gasteiger partial charge is 0.326 e. The molecular formula is C25H30ClN5O. The van der Waals surface area contributed by atoms with E-state index in [-0.39, 0.29) is 5.91 Å². The van der Waals surface area contributed by atoms with Gasteiger partial charge < -0.3 is 14.8 Å². The normalized spacial score (nSPS) is 17.6. The standard InChI is InChI=1S/C25H30ClN5O/c1-17(2)4-3-13-30-21-6-5-18(26)14-20(21)29-23(30)16-31-22-15-28-10-7-19(22)25(24(31)32)8-11-27-12-9-25/h5-7,10,14-15,17,27H,3-4,8-9,11-13,16H2,1-2H3. The highest BCUT2D eigenvalue weighted by atomic mass is 35.5. The lowest BCUT2D eigenvalue weighted by Crippen LogP contribution is -2.47. The van der Waals surface area contributed by atoms with Gasteiger partial charge in [0.1, 0.15) is 5.82 Å². The predicted octanol–water partition coefficient (Wildman–Crippen LogP) is 4.69. The molecule has 1 fully saturated rings. The van der Waals surface area contributed by atoms with Crippen molar-refractivity contribution in [3.05, 3.63) is 53.1 Å². The molecule has 1 N–H and O–H groups in total. The van der Waals surface area contributed by atoms with E-state index < -0.39 is 5.41 Å². The summed E-state index contributed by atoms with van der Waals surface area (Å²) in [6.45, 7) is 7.53.